The Morgan fingerprint density at radius 2 is 1.96 bits per heavy atom. The molecule has 0 fully saturated rings. The number of sulfone groups is 1. The lowest BCUT2D eigenvalue weighted by Gasteiger charge is -2.17. The molecule has 1 unspecified atom stereocenters. The van der Waals surface area contributed by atoms with Gasteiger partial charge in [0, 0.05) is 5.02 Å². The van der Waals surface area contributed by atoms with Gasteiger partial charge in [0.05, 0.1) is 4.90 Å². The van der Waals surface area contributed by atoms with Gasteiger partial charge in [0.25, 0.3) is 5.91 Å². The number of hydrogen-bond acceptors (Lipinski definition) is 5. The molecule has 26 heavy (non-hydrogen) atoms. The Morgan fingerprint density at radius 1 is 1.27 bits per heavy atom. The fourth-order valence-electron chi connectivity index (χ4n) is 2.25. The molecule has 2 aromatic rings. The Morgan fingerprint density at radius 3 is 2.54 bits per heavy atom. The molecule has 2 rings (SSSR count). The van der Waals surface area contributed by atoms with Gasteiger partial charge in [-0.2, -0.15) is 0 Å². The number of ether oxygens (including phenoxy) is 1. The normalized spacial score (nSPS) is 11.8. The Labute approximate surface area is 156 Å². The molecule has 0 radical (unpaired) electrons. The van der Waals surface area contributed by atoms with Gasteiger partial charge in [-0.3, -0.25) is 10.0 Å². The van der Waals surface area contributed by atoms with E-state index in [0.29, 0.717) is 5.75 Å². The minimum atomic E-state index is -4.14. The molecule has 0 aliphatic rings. The van der Waals surface area contributed by atoms with Crippen LogP contribution in [-0.4, -0.2) is 26.1 Å². The smallest absolute Gasteiger partial charge is 0.266 e. The highest BCUT2D eigenvalue weighted by Gasteiger charge is 2.35. The third kappa shape index (κ3) is 4.55. The Hall–Kier alpha value is -2.53. The summed E-state index contributed by atoms with van der Waals surface area (Å²) in [5, 5.41) is 7.60. The highest BCUT2D eigenvalue weighted by atomic mass is 35.5. The summed E-state index contributed by atoms with van der Waals surface area (Å²) in [6, 6.07) is 11.5. The number of hydroxylamine groups is 1. The molecular weight excluding hydrogens is 378 g/mol. The van der Waals surface area contributed by atoms with Crippen LogP contribution in [0.4, 0.5) is 0 Å². The zero-order valence-corrected chi connectivity index (χ0v) is 15.3. The fraction of sp³-hybridized carbons (Fsp3) is 0.167. The van der Waals surface area contributed by atoms with Crippen LogP contribution >= 0.6 is 11.6 Å². The van der Waals surface area contributed by atoms with Crippen LogP contribution in [0.5, 0.6) is 5.75 Å². The van der Waals surface area contributed by atoms with Gasteiger partial charge in [-0.25, -0.2) is 13.9 Å². The topological polar surface area (TPSA) is 92.7 Å². The van der Waals surface area contributed by atoms with Crippen LogP contribution in [0, 0.1) is 11.8 Å². The maximum absolute atomic E-state index is 12.9. The van der Waals surface area contributed by atoms with Gasteiger partial charge in [-0.15, -0.1) is 5.92 Å². The third-order valence-corrected chi connectivity index (χ3v) is 5.72. The average molecular weight is 394 g/mol. The molecule has 0 aromatic heterocycles. The number of carbonyl (C=O) groups is 1. The average Bonchev–Trinajstić information content (AvgIpc) is 2.62. The van der Waals surface area contributed by atoms with Gasteiger partial charge in [-0.1, -0.05) is 29.7 Å². The van der Waals surface area contributed by atoms with E-state index in [0.717, 1.165) is 0 Å². The molecule has 1 atom stereocenters. The van der Waals surface area contributed by atoms with E-state index in [1.54, 1.807) is 13.0 Å². The highest BCUT2D eigenvalue weighted by Crippen LogP contribution is 2.31. The first-order valence-corrected chi connectivity index (χ1v) is 9.38. The Kier molecular flexibility index (Phi) is 6.64. The highest BCUT2D eigenvalue weighted by molar-refractivity contribution is 7.92. The predicted molar refractivity (Wildman–Crippen MR) is 96.7 cm³/mol. The molecule has 0 aliphatic heterocycles. The van der Waals surface area contributed by atoms with Crippen molar-refractivity contribution in [2.45, 2.75) is 17.1 Å². The summed E-state index contributed by atoms with van der Waals surface area (Å²) < 4.78 is 31.2. The molecule has 2 N–H and O–H groups in total. The van der Waals surface area contributed by atoms with Gasteiger partial charge in [0.1, 0.15) is 12.4 Å². The van der Waals surface area contributed by atoms with E-state index >= 15 is 0 Å². The van der Waals surface area contributed by atoms with Crippen LogP contribution in [0.1, 0.15) is 17.7 Å². The number of carbonyl (C=O) groups excluding carboxylic acids is 1. The first kappa shape index (κ1) is 19.8. The van der Waals surface area contributed by atoms with Crippen LogP contribution in [0.3, 0.4) is 0 Å². The van der Waals surface area contributed by atoms with Crippen molar-refractivity contribution in [2.24, 2.45) is 0 Å². The van der Waals surface area contributed by atoms with Crippen molar-refractivity contribution in [2.75, 3.05) is 6.61 Å². The molecule has 6 nitrogen and oxygen atoms in total. The summed E-state index contributed by atoms with van der Waals surface area (Å²) >= 11 is 5.90. The molecule has 0 bridgehead atoms. The van der Waals surface area contributed by atoms with E-state index in [-0.39, 0.29) is 22.1 Å². The number of amides is 1. The van der Waals surface area contributed by atoms with E-state index < -0.39 is 21.0 Å². The van der Waals surface area contributed by atoms with Gasteiger partial charge < -0.3 is 4.74 Å². The summed E-state index contributed by atoms with van der Waals surface area (Å²) in [6.45, 7) is 1.86. The molecule has 1 amide bonds. The van der Waals surface area contributed by atoms with E-state index in [2.05, 4.69) is 11.8 Å². The summed E-state index contributed by atoms with van der Waals surface area (Å²) in [5.74, 6) is 4.77. The van der Waals surface area contributed by atoms with Gasteiger partial charge in [-0.05, 0) is 48.9 Å². The predicted octanol–water partition coefficient (Wildman–Crippen LogP) is 2.76. The number of rotatable bonds is 6. The van der Waals surface area contributed by atoms with Crippen molar-refractivity contribution in [3.05, 3.63) is 59.1 Å². The summed E-state index contributed by atoms with van der Waals surface area (Å²) in [7, 11) is -4.14. The van der Waals surface area contributed by atoms with Crippen LogP contribution in [0.2, 0.25) is 5.02 Å². The maximum Gasteiger partial charge on any atom is 0.266 e. The first-order chi connectivity index (χ1) is 12.4. The lowest BCUT2D eigenvalue weighted by atomic mass is 10.1. The fourth-order valence-corrected chi connectivity index (χ4v) is 4.08. The van der Waals surface area contributed by atoms with Crippen molar-refractivity contribution in [3.8, 4) is 17.6 Å². The minimum Gasteiger partial charge on any atom is -0.481 e. The minimum absolute atomic E-state index is 0.0972. The van der Waals surface area contributed by atoms with Crippen LogP contribution in [0.15, 0.2) is 53.4 Å². The van der Waals surface area contributed by atoms with Crippen molar-refractivity contribution in [1.29, 1.82) is 0 Å². The summed E-state index contributed by atoms with van der Waals surface area (Å²) in [6.07, 6.45) is 0. The Balaban J connectivity index is 2.40. The molecule has 0 aliphatic carbocycles. The van der Waals surface area contributed by atoms with E-state index in [9.17, 15) is 13.2 Å². The molecular formula is C18H16ClNO5S. The van der Waals surface area contributed by atoms with E-state index in [1.165, 1.54) is 47.9 Å². The van der Waals surface area contributed by atoms with Crippen LogP contribution < -0.4 is 10.2 Å². The van der Waals surface area contributed by atoms with E-state index in [1.807, 2.05) is 0 Å². The molecule has 0 spiro atoms. The number of nitrogens with one attached hydrogen (secondary N) is 1. The van der Waals surface area contributed by atoms with Crippen molar-refractivity contribution in [1.82, 2.24) is 5.48 Å². The first-order valence-electron chi connectivity index (χ1n) is 7.46. The number of hydrogen-bond donors (Lipinski definition) is 2. The molecule has 8 heteroatoms. The molecule has 136 valence electrons. The second kappa shape index (κ2) is 8.72. The quantitative estimate of drug-likeness (QED) is 0.447. The molecule has 0 saturated carbocycles. The van der Waals surface area contributed by atoms with Crippen LogP contribution in [0.25, 0.3) is 0 Å². The number of benzene rings is 2. The summed E-state index contributed by atoms with van der Waals surface area (Å²) in [4.78, 5) is 12.0. The monoisotopic (exact) mass is 393 g/mol. The molecule has 2 aromatic carbocycles. The van der Waals surface area contributed by atoms with Crippen LogP contribution in [-0.2, 0) is 14.6 Å². The lowest BCUT2D eigenvalue weighted by Crippen LogP contribution is -2.31. The zero-order valence-electron chi connectivity index (χ0n) is 13.8. The Bertz CT molecular complexity index is 946. The third-order valence-electron chi connectivity index (χ3n) is 3.45. The van der Waals surface area contributed by atoms with Gasteiger partial charge in [0.15, 0.2) is 15.1 Å². The largest absolute Gasteiger partial charge is 0.481 e. The van der Waals surface area contributed by atoms with Gasteiger partial charge in [0.2, 0.25) is 0 Å². The van der Waals surface area contributed by atoms with E-state index in [4.69, 9.17) is 21.5 Å². The standard InChI is InChI=1S/C18H16ClNO5S/c1-2-3-11-25-15-7-9-16(10-8-15)26(23,24)17(18(21)20-22)13-5-4-6-14(19)12-13/h4-10,12,17,22H,11H2,1H3,(H,20,21). The summed E-state index contributed by atoms with van der Waals surface area (Å²) in [5.41, 5.74) is 1.54. The second-order valence-electron chi connectivity index (χ2n) is 5.14. The lowest BCUT2D eigenvalue weighted by molar-refractivity contribution is -0.128. The maximum atomic E-state index is 12.9. The second-order valence-corrected chi connectivity index (χ2v) is 7.61. The SMILES string of the molecule is CC#CCOc1ccc(S(=O)(=O)C(C(=O)NO)c2cccc(Cl)c2)cc1. The number of halogens is 1. The molecule has 0 heterocycles. The zero-order chi connectivity index (χ0) is 19.2. The molecule has 0 saturated heterocycles. The van der Waals surface area contributed by atoms with Crippen molar-refractivity contribution in [3.63, 3.8) is 0 Å². The van der Waals surface area contributed by atoms with Crippen molar-refractivity contribution < 1.29 is 23.2 Å². The van der Waals surface area contributed by atoms with Crippen molar-refractivity contribution >= 4 is 27.3 Å². The van der Waals surface area contributed by atoms with Gasteiger partial charge >= 0.3 is 0 Å².